The molecule has 1 aromatic rings. The van der Waals surface area contributed by atoms with Crippen molar-refractivity contribution in [2.24, 2.45) is 0 Å². The van der Waals surface area contributed by atoms with Gasteiger partial charge in [-0.2, -0.15) is 4.31 Å². The van der Waals surface area contributed by atoms with Crippen molar-refractivity contribution < 1.29 is 8.42 Å². The zero-order valence-electron chi connectivity index (χ0n) is 12.4. The summed E-state index contributed by atoms with van der Waals surface area (Å²) in [7, 11) is -3.49. The summed E-state index contributed by atoms with van der Waals surface area (Å²) < 4.78 is 27.7. The highest BCUT2D eigenvalue weighted by Crippen LogP contribution is 2.30. The van der Waals surface area contributed by atoms with Crippen LogP contribution in [0.4, 0.5) is 5.69 Å². The standard InChI is InChI=1S/C14H22BrN3O2S/c1-3-17(4-2)12-7-8-18(10-12)21(19,20)14-9-11(16)5-6-13(14)15/h5-6,9,12H,3-4,7-8,10,16H2,1-2H3. The topological polar surface area (TPSA) is 66.6 Å². The van der Waals surface area contributed by atoms with Gasteiger partial charge in [0.05, 0.1) is 4.90 Å². The molecule has 1 atom stereocenters. The molecule has 21 heavy (non-hydrogen) atoms. The van der Waals surface area contributed by atoms with E-state index < -0.39 is 10.0 Å². The molecule has 0 saturated carbocycles. The number of nitrogens with zero attached hydrogens (tertiary/aromatic N) is 2. The summed E-state index contributed by atoms with van der Waals surface area (Å²) in [6.45, 7) is 7.20. The number of hydrogen-bond donors (Lipinski definition) is 1. The van der Waals surface area contributed by atoms with Crippen LogP contribution in [0.1, 0.15) is 20.3 Å². The molecule has 1 saturated heterocycles. The van der Waals surface area contributed by atoms with Gasteiger partial charge in [-0.3, -0.25) is 4.90 Å². The third-order valence-corrected chi connectivity index (χ3v) is 6.89. The molecule has 7 heteroatoms. The van der Waals surface area contributed by atoms with E-state index in [1.54, 1.807) is 16.4 Å². The van der Waals surface area contributed by atoms with Crippen LogP contribution in [-0.2, 0) is 10.0 Å². The minimum Gasteiger partial charge on any atom is -0.399 e. The van der Waals surface area contributed by atoms with Crippen LogP contribution in [0.2, 0.25) is 0 Å². The van der Waals surface area contributed by atoms with E-state index >= 15 is 0 Å². The van der Waals surface area contributed by atoms with Crippen molar-refractivity contribution in [2.75, 3.05) is 31.9 Å². The molecular formula is C14H22BrN3O2S. The van der Waals surface area contributed by atoms with Crippen molar-refractivity contribution in [3.05, 3.63) is 22.7 Å². The largest absolute Gasteiger partial charge is 0.399 e. The molecular weight excluding hydrogens is 354 g/mol. The van der Waals surface area contributed by atoms with E-state index in [0.717, 1.165) is 19.5 Å². The lowest BCUT2D eigenvalue weighted by molar-refractivity contribution is 0.224. The van der Waals surface area contributed by atoms with E-state index in [2.05, 4.69) is 34.7 Å². The zero-order chi connectivity index (χ0) is 15.6. The summed E-state index contributed by atoms with van der Waals surface area (Å²) in [5.74, 6) is 0. The monoisotopic (exact) mass is 375 g/mol. The van der Waals surface area contributed by atoms with Gasteiger partial charge in [0.15, 0.2) is 0 Å². The van der Waals surface area contributed by atoms with Gasteiger partial charge < -0.3 is 5.73 Å². The fourth-order valence-electron chi connectivity index (χ4n) is 2.82. The molecule has 1 aliphatic rings. The highest BCUT2D eigenvalue weighted by molar-refractivity contribution is 9.10. The third kappa shape index (κ3) is 3.41. The summed E-state index contributed by atoms with van der Waals surface area (Å²) in [6, 6.07) is 5.19. The molecule has 0 bridgehead atoms. The van der Waals surface area contributed by atoms with E-state index in [4.69, 9.17) is 5.73 Å². The fourth-order valence-corrected chi connectivity index (χ4v) is 5.28. The number of sulfonamides is 1. The van der Waals surface area contributed by atoms with Gasteiger partial charge in [-0.25, -0.2) is 8.42 Å². The summed E-state index contributed by atoms with van der Waals surface area (Å²) in [5.41, 5.74) is 6.18. The minimum absolute atomic E-state index is 0.252. The Balaban J connectivity index is 2.24. The first-order valence-electron chi connectivity index (χ1n) is 7.19. The Labute approximate surface area is 135 Å². The molecule has 1 aromatic carbocycles. The average molecular weight is 376 g/mol. The Morgan fingerprint density at radius 1 is 1.38 bits per heavy atom. The number of nitrogens with two attached hydrogens (primary N) is 1. The molecule has 118 valence electrons. The SMILES string of the molecule is CCN(CC)C1CCN(S(=O)(=O)c2cc(N)ccc2Br)C1. The highest BCUT2D eigenvalue weighted by atomic mass is 79.9. The first kappa shape index (κ1) is 16.7. The van der Waals surface area contributed by atoms with Gasteiger partial charge in [0.1, 0.15) is 0 Å². The number of benzene rings is 1. The Kier molecular flexibility index (Phi) is 5.29. The van der Waals surface area contributed by atoms with Crippen LogP contribution in [0.3, 0.4) is 0 Å². The van der Waals surface area contributed by atoms with Gasteiger partial charge >= 0.3 is 0 Å². The molecule has 1 heterocycles. The zero-order valence-corrected chi connectivity index (χ0v) is 14.8. The summed E-state index contributed by atoms with van der Waals surface area (Å²) >= 11 is 3.31. The van der Waals surface area contributed by atoms with Crippen LogP contribution in [0.5, 0.6) is 0 Å². The van der Waals surface area contributed by atoms with E-state index in [0.29, 0.717) is 29.3 Å². The van der Waals surface area contributed by atoms with Gasteiger partial charge in [0.25, 0.3) is 0 Å². The van der Waals surface area contributed by atoms with Gasteiger partial charge in [0, 0.05) is 29.3 Å². The van der Waals surface area contributed by atoms with E-state index in [1.165, 1.54) is 6.07 Å². The Morgan fingerprint density at radius 3 is 2.67 bits per heavy atom. The van der Waals surface area contributed by atoms with Gasteiger partial charge in [-0.1, -0.05) is 13.8 Å². The van der Waals surface area contributed by atoms with Crippen LogP contribution in [-0.4, -0.2) is 49.8 Å². The van der Waals surface area contributed by atoms with Crippen molar-refractivity contribution in [2.45, 2.75) is 31.2 Å². The van der Waals surface area contributed by atoms with Crippen molar-refractivity contribution in [3.8, 4) is 0 Å². The minimum atomic E-state index is -3.49. The molecule has 2 rings (SSSR count). The van der Waals surface area contributed by atoms with Crippen molar-refractivity contribution in [3.63, 3.8) is 0 Å². The predicted molar refractivity (Wildman–Crippen MR) is 88.6 cm³/mol. The molecule has 1 fully saturated rings. The Morgan fingerprint density at radius 2 is 2.05 bits per heavy atom. The maximum Gasteiger partial charge on any atom is 0.244 e. The molecule has 5 nitrogen and oxygen atoms in total. The molecule has 0 aliphatic carbocycles. The van der Waals surface area contributed by atoms with Crippen molar-refractivity contribution in [1.82, 2.24) is 9.21 Å². The van der Waals surface area contributed by atoms with Gasteiger partial charge in [0.2, 0.25) is 10.0 Å². The Hall–Kier alpha value is -0.630. The number of hydrogen-bond acceptors (Lipinski definition) is 4. The van der Waals surface area contributed by atoms with E-state index in [9.17, 15) is 8.42 Å². The van der Waals surface area contributed by atoms with Crippen LogP contribution >= 0.6 is 15.9 Å². The quantitative estimate of drug-likeness (QED) is 0.800. The van der Waals surface area contributed by atoms with E-state index in [1.807, 2.05) is 0 Å². The summed E-state index contributed by atoms with van der Waals surface area (Å²) in [5, 5.41) is 0. The van der Waals surface area contributed by atoms with Crippen LogP contribution in [0.25, 0.3) is 0 Å². The smallest absolute Gasteiger partial charge is 0.244 e. The fraction of sp³-hybridized carbons (Fsp3) is 0.571. The first-order valence-corrected chi connectivity index (χ1v) is 9.42. The second-order valence-corrected chi connectivity index (χ2v) is 7.98. The lowest BCUT2D eigenvalue weighted by atomic mass is 10.2. The van der Waals surface area contributed by atoms with Crippen LogP contribution in [0, 0.1) is 0 Å². The maximum absolute atomic E-state index is 12.8. The number of nitrogen functional groups attached to an aromatic ring is 1. The lowest BCUT2D eigenvalue weighted by Crippen LogP contribution is -2.38. The first-order chi connectivity index (χ1) is 9.90. The molecule has 0 aromatic heterocycles. The Bertz CT molecular complexity index is 602. The lowest BCUT2D eigenvalue weighted by Gasteiger charge is -2.26. The second-order valence-electron chi connectivity index (χ2n) is 5.22. The number of rotatable bonds is 5. The summed E-state index contributed by atoms with van der Waals surface area (Å²) in [4.78, 5) is 2.56. The molecule has 2 N–H and O–H groups in total. The molecule has 0 spiro atoms. The van der Waals surface area contributed by atoms with Crippen molar-refractivity contribution in [1.29, 1.82) is 0 Å². The van der Waals surface area contributed by atoms with Gasteiger partial charge in [-0.15, -0.1) is 0 Å². The molecule has 0 amide bonds. The van der Waals surface area contributed by atoms with Crippen molar-refractivity contribution >= 4 is 31.6 Å². The maximum atomic E-state index is 12.8. The molecule has 0 radical (unpaired) electrons. The molecule has 1 unspecified atom stereocenters. The van der Waals surface area contributed by atoms with Crippen LogP contribution in [0.15, 0.2) is 27.6 Å². The second kappa shape index (κ2) is 6.64. The van der Waals surface area contributed by atoms with Gasteiger partial charge in [-0.05, 0) is 53.6 Å². The number of likely N-dealkylation sites (N-methyl/N-ethyl adjacent to an activating group) is 1. The third-order valence-electron chi connectivity index (χ3n) is 4.03. The number of halogens is 1. The normalized spacial score (nSPS) is 20.3. The van der Waals surface area contributed by atoms with Crippen LogP contribution < -0.4 is 5.73 Å². The average Bonchev–Trinajstić information content (AvgIpc) is 2.93. The predicted octanol–water partition coefficient (Wildman–Crippen LogP) is 2.14. The van der Waals surface area contributed by atoms with E-state index in [-0.39, 0.29) is 4.90 Å². The molecule has 1 aliphatic heterocycles. The highest BCUT2D eigenvalue weighted by Gasteiger charge is 2.35. The number of anilines is 1. The summed E-state index contributed by atoms with van der Waals surface area (Å²) in [6.07, 6.45) is 0.876.